The van der Waals surface area contributed by atoms with Gasteiger partial charge in [-0.25, -0.2) is 4.98 Å². The molecule has 1 aromatic carbocycles. The quantitative estimate of drug-likeness (QED) is 0.193. The maximum atomic E-state index is 5.88. The van der Waals surface area contributed by atoms with E-state index in [4.69, 9.17) is 9.72 Å². The second-order valence-electron chi connectivity index (χ2n) is 7.96. The van der Waals surface area contributed by atoms with Crippen molar-refractivity contribution < 1.29 is 4.74 Å². The van der Waals surface area contributed by atoms with Crippen LogP contribution in [0.15, 0.2) is 48.8 Å². The molecular weight excluding hydrogens is 388 g/mol. The summed E-state index contributed by atoms with van der Waals surface area (Å²) < 4.78 is 8.06. The van der Waals surface area contributed by atoms with E-state index in [2.05, 4.69) is 67.1 Å². The fourth-order valence-corrected chi connectivity index (χ4v) is 4.51. The molecule has 3 aromatic rings. The van der Waals surface area contributed by atoms with Crippen LogP contribution in [0.1, 0.15) is 77.3 Å². The topological polar surface area (TPSA) is 26.5 Å². The molecule has 162 valence electrons. The van der Waals surface area contributed by atoms with Gasteiger partial charge in [0, 0.05) is 12.4 Å². The van der Waals surface area contributed by atoms with Crippen molar-refractivity contribution in [1.82, 2.24) is 9.38 Å². The second-order valence-corrected chi connectivity index (χ2v) is 8.97. The summed E-state index contributed by atoms with van der Waals surface area (Å²) in [6, 6.07) is 8.45. The van der Waals surface area contributed by atoms with Crippen LogP contribution in [0.4, 0.5) is 0 Å². The maximum Gasteiger partial charge on any atom is 0.194 e. The molecule has 0 saturated carbocycles. The van der Waals surface area contributed by atoms with Crippen LogP contribution in [0.5, 0.6) is 5.75 Å². The number of allylic oxidation sites excluding steroid dienone is 2. The average Bonchev–Trinajstić information content (AvgIpc) is 3.32. The Morgan fingerprint density at radius 3 is 2.47 bits per heavy atom. The van der Waals surface area contributed by atoms with Crippen LogP contribution in [0.3, 0.4) is 0 Å². The van der Waals surface area contributed by atoms with Crippen LogP contribution in [-0.2, 0) is 6.42 Å². The summed E-state index contributed by atoms with van der Waals surface area (Å²) in [4.78, 5) is 7.16. The number of rotatable bonds is 14. The molecular formula is C26H36N2OS. The van der Waals surface area contributed by atoms with Crippen molar-refractivity contribution >= 4 is 16.3 Å². The second kappa shape index (κ2) is 12.6. The molecule has 3 rings (SSSR count). The van der Waals surface area contributed by atoms with E-state index in [1.165, 1.54) is 61.1 Å². The lowest BCUT2D eigenvalue weighted by molar-refractivity contribution is 0.312. The highest BCUT2D eigenvalue weighted by atomic mass is 32.1. The summed E-state index contributed by atoms with van der Waals surface area (Å²) >= 11 is 1.76. The number of aromatic nitrogens is 2. The van der Waals surface area contributed by atoms with Gasteiger partial charge in [0.1, 0.15) is 5.75 Å². The number of nitrogens with zero attached hydrogens (tertiary/aromatic N) is 2. The number of benzene rings is 1. The van der Waals surface area contributed by atoms with Crippen molar-refractivity contribution in [2.45, 2.75) is 78.1 Å². The summed E-state index contributed by atoms with van der Waals surface area (Å²) in [5.74, 6) is 0.947. The van der Waals surface area contributed by atoms with Gasteiger partial charge in [0.2, 0.25) is 0 Å². The SMILES string of the molecule is CCC/C=C/CCCOc1ccc(-c2cn3cc(CCCCCCC)nc3s2)cc1. The van der Waals surface area contributed by atoms with E-state index in [-0.39, 0.29) is 0 Å². The standard InChI is InChI=1S/C26H36N2OS/c1-3-5-7-9-11-13-19-29-24-17-15-22(16-18-24)25-21-28-20-23(27-26(28)30-25)14-12-10-8-6-4-2/h7,9,15-18,20-21H,3-6,8,10-14,19H2,1-2H3/b9-7+. The van der Waals surface area contributed by atoms with Crippen LogP contribution in [0.2, 0.25) is 0 Å². The third-order valence-electron chi connectivity index (χ3n) is 5.29. The summed E-state index contributed by atoms with van der Waals surface area (Å²) in [6.45, 7) is 5.23. The smallest absolute Gasteiger partial charge is 0.194 e. The first-order valence-corrected chi connectivity index (χ1v) is 12.5. The number of aryl methyl sites for hydroxylation is 1. The minimum absolute atomic E-state index is 0.768. The minimum atomic E-state index is 0.768. The third-order valence-corrected chi connectivity index (χ3v) is 6.33. The highest BCUT2D eigenvalue weighted by molar-refractivity contribution is 7.20. The minimum Gasteiger partial charge on any atom is -0.494 e. The van der Waals surface area contributed by atoms with Crippen molar-refractivity contribution in [1.29, 1.82) is 0 Å². The Bertz CT molecular complexity index is 860. The molecule has 0 bridgehead atoms. The summed E-state index contributed by atoms with van der Waals surface area (Å²) in [6.07, 6.45) is 21.1. The van der Waals surface area contributed by atoms with Gasteiger partial charge in [-0.2, -0.15) is 0 Å². The normalized spacial score (nSPS) is 11.7. The number of hydrogen-bond acceptors (Lipinski definition) is 3. The van der Waals surface area contributed by atoms with Gasteiger partial charge in [-0.3, -0.25) is 4.40 Å². The molecule has 0 aliphatic heterocycles. The van der Waals surface area contributed by atoms with Gasteiger partial charge in [0.25, 0.3) is 0 Å². The Labute approximate surface area is 185 Å². The van der Waals surface area contributed by atoms with Crippen LogP contribution in [-0.4, -0.2) is 16.0 Å². The molecule has 0 saturated heterocycles. The number of ether oxygens (including phenoxy) is 1. The van der Waals surface area contributed by atoms with E-state index in [9.17, 15) is 0 Å². The Hall–Kier alpha value is -2.07. The lowest BCUT2D eigenvalue weighted by Crippen LogP contribution is -1.96. The van der Waals surface area contributed by atoms with Gasteiger partial charge in [0.05, 0.1) is 17.2 Å². The van der Waals surface area contributed by atoms with Crippen molar-refractivity contribution in [3.63, 3.8) is 0 Å². The number of thiazole rings is 1. The Kier molecular flexibility index (Phi) is 9.49. The van der Waals surface area contributed by atoms with E-state index in [1.807, 2.05) is 0 Å². The maximum absolute atomic E-state index is 5.88. The number of hydrogen-bond donors (Lipinski definition) is 0. The van der Waals surface area contributed by atoms with E-state index in [0.717, 1.165) is 36.6 Å². The molecule has 2 aromatic heterocycles. The Balaban J connectivity index is 1.46. The van der Waals surface area contributed by atoms with Crippen molar-refractivity contribution in [2.24, 2.45) is 0 Å². The summed E-state index contributed by atoms with van der Waals surface area (Å²) in [5, 5.41) is 0. The third kappa shape index (κ3) is 7.02. The van der Waals surface area contributed by atoms with E-state index in [1.54, 1.807) is 11.3 Å². The lowest BCUT2D eigenvalue weighted by atomic mass is 10.1. The van der Waals surface area contributed by atoms with Gasteiger partial charge >= 0.3 is 0 Å². The molecule has 0 aliphatic carbocycles. The predicted molar refractivity (Wildman–Crippen MR) is 130 cm³/mol. The largest absolute Gasteiger partial charge is 0.494 e. The van der Waals surface area contributed by atoms with Crippen molar-refractivity contribution in [3.8, 4) is 16.2 Å². The molecule has 0 aliphatic rings. The molecule has 3 nitrogen and oxygen atoms in total. The molecule has 0 N–H and O–H groups in total. The zero-order chi connectivity index (χ0) is 21.0. The van der Waals surface area contributed by atoms with Crippen molar-refractivity contribution in [3.05, 3.63) is 54.5 Å². The summed E-state index contributed by atoms with van der Waals surface area (Å²) in [5.41, 5.74) is 2.44. The molecule has 0 atom stereocenters. The van der Waals surface area contributed by atoms with Gasteiger partial charge in [-0.1, -0.05) is 69.4 Å². The fourth-order valence-electron chi connectivity index (χ4n) is 3.52. The number of fused-ring (bicyclic) bond motifs is 1. The molecule has 2 heterocycles. The Morgan fingerprint density at radius 1 is 0.900 bits per heavy atom. The number of unbranched alkanes of at least 4 members (excludes halogenated alkanes) is 6. The lowest BCUT2D eigenvalue weighted by Gasteiger charge is -2.05. The first-order chi connectivity index (χ1) is 14.8. The van der Waals surface area contributed by atoms with Gasteiger partial charge in [-0.05, 0) is 61.9 Å². The molecule has 0 fully saturated rings. The van der Waals surface area contributed by atoms with E-state index >= 15 is 0 Å². The molecule has 4 heteroatoms. The van der Waals surface area contributed by atoms with Gasteiger partial charge in [-0.15, -0.1) is 0 Å². The first kappa shape index (κ1) is 22.6. The van der Waals surface area contributed by atoms with E-state index < -0.39 is 0 Å². The predicted octanol–water partition coefficient (Wildman–Crippen LogP) is 8.09. The summed E-state index contributed by atoms with van der Waals surface area (Å²) in [7, 11) is 0. The van der Waals surface area contributed by atoms with E-state index in [0.29, 0.717) is 0 Å². The van der Waals surface area contributed by atoms with Crippen LogP contribution < -0.4 is 4.74 Å². The van der Waals surface area contributed by atoms with Crippen LogP contribution >= 0.6 is 11.3 Å². The zero-order valence-corrected chi connectivity index (χ0v) is 19.4. The Morgan fingerprint density at radius 2 is 1.70 bits per heavy atom. The number of imidazole rings is 1. The molecule has 0 spiro atoms. The highest BCUT2D eigenvalue weighted by Crippen LogP contribution is 2.30. The van der Waals surface area contributed by atoms with Gasteiger partial charge in [0.15, 0.2) is 4.96 Å². The zero-order valence-electron chi connectivity index (χ0n) is 18.6. The molecule has 0 radical (unpaired) electrons. The first-order valence-electron chi connectivity index (χ1n) is 11.7. The monoisotopic (exact) mass is 424 g/mol. The average molecular weight is 425 g/mol. The highest BCUT2D eigenvalue weighted by Gasteiger charge is 2.08. The van der Waals surface area contributed by atoms with Crippen LogP contribution in [0.25, 0.3) is 15.4 Å². The van der Waals surface area contributed by atoms with Crippen molar-refractivity contribution in [2.75, 3.05) is 6.61 Å². The molecule has 30 heavy (non-hydrogen) atoms. The van der Waals surface area contributed by atoms with Gasteiger partial charge < -0.3 is 4.74 Å². The fraction of sp³-hybridized carbons (Fsp3) is 0.500. The molecule has 0 unspecified atom stereocenters. The van der Waals surface area contributed by atoms with Crippen LogP contribution in [0, 0.1) is 0 Å². The molecule has 0 amide bonds.